The maximum atomic E-state index is 8.67. The van der Waals surface area contributed by atoms with E-state index in [-0.39, 0.29) is 6.04 Å². The molecule has 0 amide bonds. The third-order valence-corrected chi connectivity index (χ3v) is 1.99. The van der Waals surface area contributed by atoms with Gasteiger partial charge in [-0.25, -0.2) is 0 Å². The van der Waals surface area contributed by atoms with Crippen LogP contribution in [-0.4, -0.2) is 27.6 Å². The maximum absolute atomic E-state index is 8.67. The van der Waals surface area contributed by atoms with Gasteiger partial charge in [-0.1, -0.05) is 12.1 Å². The van der Waals surface area contributed by atoms with E-state index < -0.39 is 0 Å². The molecular formula is C9H15N5. The Morgan fingerprint density at radius 2 is 2.50 bits per heavy atom. The highest BCUT2D eigenvalue weighted by Gasteiger charge is 2.01. The predicted octanol–water partition coefficient (Wildman–Crippen LogP) is 0.560. The van der Waals surface area contributed by atoms with Crippen molar-refractivity contribution in [3.8, 4) is 6.07 Å². The second-order valence-electron chi connectivity index (χ2n) is 3.06. The average Bonchev–Trinajstić information content (AvgIpc) is 2.71. The lowest BCUT2D eigenvalue weighted by atomic mass is 10.2. The molecule has 5 heteroatoms. The molecule has 0 radical (unpaired) electrons. The first kappa shape index (κ1) is 10.7. The van der Waals surface area contributed by atoms with E-state index in [1.165, 1.54) is 0 Å². The number of aryl methyl sites for hydroxylation is 1. The van der Waals surface area contributed by atoms with E-state index >= 15 is 0 Å². The van der Waals surface area contributed by atoms with Crippen molar-refractivity contribution in [2.24, 2.45) is 0 Å². The fourth-order valence-electron chi connectivity index (χ4n) is 1.15. The minimum Gasteiger partial charge on any atom is -0.302 e. The SMILES string of the molecule is CCC(C#N)NCCCn1ccnn1. The van der Waals surface area contributed by atoms with Crippen molar-refractivity contribution in [2.75, 3.05) is 6.54 Å². The Labute approximate surface area is 83.7 Å². The highest BCUT2D eigenvalue weighted by molar-refractivity contribution is 4.87. The summed E-state index contributed by atoms with van der Waals surface area (Å²) >= 11 is 0. The van der Waals surface area contributed by atoms with E-state index in [0.29, 0.717) is 0 Å². The number of aromatic nitrogens is 3. The Bertz CT molecular complexity index is 274. The molecule has 76 valence electrons. The summed E-state index contributed by atoms with van der Waals surface area (Å²) in [6.45, 7) is 3.68. The van der Waals surface area contributed by atoms with Gasteiger partial charge in [-0.15, -0.1) is 5.10 Å². The molecule has 1 heterocycles. The van der Waals surface area contributed by atoms with Gasteiger partial charge in [0, 0.05) is 12.7 Å². The molecule has 0 spiro atoms. The smallest absolute Gasteiger partial charge is 0.0950 e. The number of hydrogen-bond acceptors (Lipinski definition) is 4. The van der Waals surface area contributed by atoms with Crippen LogP contribution in [0.15, 0.2) is 12.4 Å². The van der Waals surface area contributed by atoms with Gasteiger partial charge in [-0.2, -0.15) is 5.26 Å². The quantitative estimate of drug-likeness (QED) is 0.670. The molecule has 0 saturated heterocycles. The fraction of sp³-hybridized carbons (Fsp3) is 0.667. The number of rotatable bonds is 6. The Hall–Kier alpha value is -1.41. The van der Waals surface area contributed by atoms with Crippen molar-refractivity contribution in [1.29, 1.82) is 5.26 Å². The molecule has 1 rings (SSSR count). The summed E-state index contributed by atoms with van der Waals surface area (Å²) in [5, 5.41) is 19.4. The molecule has 1 atom stereocenters. The summed E-state index contributed by atoms with van der Waals surface area (Å²) in [6.07, 6.45) is 5.31. The lowest BCUT2D eigenvalue weighted by molar-refractivity contribution is 0.506. The molecule has 0 aliphatic heterocycles. The average molecular weight is 193 g/mol. The molecular weight excluding hydrogens is 178 g/mol. The Kier molecular flexibility index (Phi) is 4.65. The standard InChI is InChI=1S/C9H15N5/c1-2-9(8-10)11-4-3-6-14-7-5-12-13-14/h5,7,9,11H,2-4,6H2,1H3. The van der Waals surface area contributed by atoms with Crippen LogP contribution in [0.2, 0.25) is 0 Å². The minimum absolute atomic E-state index is 0.0225. The van der Waals surface area contributed by atoms with Gasteiger partial charge < -0.3 is 5.32 Å². The molecule has 5 nitrogen and oxygen atoms in total. The summed E-state index contributed by atoms with van der Waals surface area (Å²) in [4.78, 5) is 0. The predicted molar refractivity (Wildman–Crippen MR) is 52.3 cm³/mol. The Morgan fingerprint density at radius 3 is 3.07 bits per heavy atom. The molecule has 0 aromatic carbocycles. The summed E-state index contributed by atoms with van der Waals surface area (Å²) < 4.78 is 1.79. The molecule has 0 aliphatic carbocycles. The van der Waals surface area contributed by atoms with Crippen molar-refractivity contribution in [2.45, 2.75) is 32.4 Å². The van der Waals surface area contributed by atoms with Crippen LogP contribution in [-0.2, 0) is 6.54 Å². The van der Waals surface area contributed by atoms with Gasteiger partial charge in [0.2, 0.25) is 0 Å². The highest BCUT2D eigenvalue weighted by Crippen LogP contribution is 1.90. The lowest BCUT2D eigenvalue weighted by Gasteiger charge is -2.07. The molecule has 1 unspecified atom stereocenters. The van der Waals surface area contributed by atoms with Crippen LogP contribution in [0.1, 0.15) is 19.8 Å². The number of nitriles is 1. The van der Waals surface area contributed by atoms with Crippen LogP contribution in [0.3, 0.4) is 0 Å². The highest BCUT2D eigenvalue weighted by atomic mass is 15.4. The molecule has 1 N–H and O–H groups in total. The first-order valence-corrected chi connectivity index (χ1v) is 4.84. The van der Waals surface area contributed by atoms with Crippen LogP contribution in [0.5, 0.6) is 0 Å². The van der Waals surface area contributed by atoms with E-state index in [1.54, 1.807) is 10.9 Å². The monoisotopic (exact) mass is 193 g/mol. The van der Waals surface area contributed by atoms with Crippen molar-refractivity contribution >= 4 is 0 Å². The summed E-state index contributed by atoms with van der Waals surface area (Å²) in [6, 6.07) is 2.18. The normalized spacial score (nSPS) is 12.3. The largest absolute Gasteiger partial charge is 0.302 e. The summed E-state index contributed by atoms with van der Waals surface area (Å²) in [5.74, 6) is 0. The molecule has 14 heavy (non-hydrogen) atoms. The molecule has 0 fully saturated rings. The number of nitrogens with zero attached hydrogens (tertiary/aromatic N) is 4. The van der Waals surface area contributed by atoms with E-state index in [1.807, 2.05) is 13.1 Å². The molecule has 0 saturated carbocycles. The number of hydrogen-bond donors (Lipinski definition) is 1. The zero-order chi connectivity index (χ0) is 10.2. The van der Waals surface area contributed by atoms with Crippen molar-refractivity contribution in [1.82, 2.24) is 20.3 Å². The van der Waals surface area contributed by atoms with Crippen LogP contribution >= 0.6 is 0 Å². The van der Waals surface area contributed by atoms with Gasteiger partial charge in [0.15, 0.2) is 0 Å². The van der Waals surface area contributed by atoms with E-state index in [4.69, 9.17) is 5.26 Å². The zero-order valence-corrected chi connectivity index (χ0v) is 8.35. The molecule has 1 aromatic heterocycles. The van der Waals surface area contributed by atoms with Crippen LogP contribution in [0.4, 0.5) is 0 Å². The third-order valence-electron chi connectivity index (χ3n) is 1.99. The molecule has 0 aliphatic rings. The Morgan fingerprint density at radius 1 is 1.64 bits per heavy atom. The van der Waals surface area contributed by atoms with E-state index in [2.05, 4.69) is 21.7 Å². The summed E-state index contributed by atoms with van der Waals surface area (Å²) in [7, 11) is 0. The zero-order valence-electron chi connectivity index (χ0n) is 8.35. The second kappa shape index (κ2) is 6.11. The molecule has 1 aromatic rings. The summed E-state index contributed by atoms with van der Waals surface area (Å²) in [5.41, 5.74) is 0. The van der Waals surface area contributed by atoms with Gasteiger partial charge in [-0.3, -0.25) is 4.68 Å². The maximum Gasteiger partial charge on any atom is 0.0950 e. The van der Waals surface area contributed by atoms with Crippen LogP contribution < -0.4 is 5.32 Å². The van der Waals surface area contributed by atoms with Crippen molar-refractivity contribution < 1.29 is 0 Å². The molecule has 0 bridgehead atoms. The first-order chi connectivity index (χ1) is 6.86. The van der Waals surface area contributed by atoms with Gasteiger partial charge in [0.1, 0.15) is 0 Å². The number of nitrogens with one attached hydrogen (secondary N) is 1. The van der Waals surface area contributed by atoms with E-state index in [9.17, 15) is 0 Å². The topological polar surface area (TPSA) is 66.5 Å². The first-order valence-electron chi connectivity index (χ1n) is 4.84. The third kappa shape index (κ3) is 3.54. The van der Waals surface area contributed by atoms with E-state index in [0.717, 1.165) is 25.9 Å². The second-order valence-corrected chi connectivity index (χ2v) is 3.06. The Balaban J connectivity index is 2.08. The van der Waals surface area contributed by atoms with Gasteiger partial charge in [0.05, 0.1) is 18.3 Å². The van der Waals surface area contributed by atoms with Gasteiger partial charge in [-0.05, 0) is 19.4 Å². The van der Waals surface area contributed by atoms with Crippen LogP contribution in [0.25, 0.3) is 0 Å². The van der Waals surface area contributed by atoms with Gasteiger partial charge in [0.25, 0.3) is 0 Å². The fourth-order valence-corrected chi connectivity index (χ4v) is 1.15. The van der Waals surface area contributed by atoms with Crippen LogP contribution in [0, 0.1) is 11.3 Å². The van der Waals surface area contributed by atoms with Crippen molar-refractivity contribution in [3.05, 3.63) is 12.4 Å². The minimum atomic E-state index is -0.0225. The van der Waals surface area contributed by atoms with Crippen molar-refractivity contribution in [3.63, 3.8) is 0 Å². The van der Waals surface area contributed by atoms with Gasteiger partial charge >= 0.3 is 0 Å². The lowest BCUT2D eigenvalue weighted by Crippen LogP contribution is -2.28.